The van der Waals surface area contributed by atoms with Crippen LogP contribution in [-0.4, -0.2) is 46.0 Å². The van der Waals surface area contributed by atoms with Crippen molar-refractivity contribution in [3.05, 3.63) is 78.4 Å². The Labute approximate surface area is 191 Å². The van der Waals surface area contributed by atoms with Crippen molar-refractivity contribution in [1.29, 1.82) is 0 Å². The van der Waals surface area contributed by atoms with Gasteiger partial charge in [0.15, 0.2) is 0 Å². The van der Waals surface area contributed by atoms with E-state index in [9.17, 15) is 14.4 Å². The van der Waals surface area contributed by atoms with Gasteiger partial charge < -0.3 is 19.9 Å². The van der Waals surface area contributed by atoms with E-state index in [4.69, 9.17) is 4.74 Å². The molecule has 2 heterocycles. The van der Waals surface area contributed by atoms with Crippen LogP contribution in [0, 0.1) is 0 Å². The first kappa shape index (κ1) is 22.1. The van der Waals surface area contributed by atoms with Gasteiger partial charge in [-0.15, -0.1) is 0 Å². The maximum atomic E-state index is 13.1. The van der Waals surface area contributed by atoms with Crippen molar-refractivity contribution in [3.8, 4) is 11.4 Å². The summed E-state index contributed by atoms with van der Waals surface area (Å²) in [6.45, 7) is 3.10. The van der Waals surface area contributed by atoms with Crippen LogP contribution in [0.1, 0.15) is 31.0 Å². The van der Waals surface area contributed by atoms with Crippen LogP contribution < -0.4 is 15.4 Å². The molecule has 2 N–H and O–H groups in total. The molecule has 3 aromatic rings. The number of nitrogens with one attached hydrogen (secondary N) is 2. The fraction of sp³-hybridized carbons (Fsp3) is 0.250. The molecule has 1 saturated heterocycles. The highest BCUT2D eigenvalue weighted by Gasteiger charge is 2.49. The maximum absolute atomic E-state index is 13.1. The van der Waals surface area contributed by atoms with Crippen LogP contribution in [0.4, 0.5) is 4.79 Å². The average Bonchev–Trinajstić information content (AvgIpc) is 3.43. The minimum Gasteiger partial charge on any atom is -0.497 e. The van der Waals surface area contributed by atoms with Crippen LogP contribution in [0.5, 0.6) is 5.75 Å². The van der Waals surface area contributed by atoms with E-state index in [1.54, 1.807) is 50.8 Å². The first-order valence-electron chi connectivity index (χ1n) is 10.5. The van der Waals surface area contributed by atoms with Crippen LogP contribution in [0.2, 0.25) is 0 Å². The highest BCUT2D eigenvalue weighted by atomic mass is 16.5. The molecule has 1 fully saturated rings. The fourth-order valence-corrected chi connectivity index (χ4v) is 3.82. The Kier molecular flexibility index (Phi) is 5.87. The number of carbonyl (C=O) groups excluding carboxylic acids is 3. The highest BCUT2D eigenvalue weighted by molar-refractivity contribution is 6.09. The predicted octanol–water partition coefficient (Wildman–Crippen LogP) is 2.53. The van der Waals surface area contributed by atoms with Gasteiger partial charge in [-0.05, 0) is 49.2 Å². The first-order valence-corrected chi connectivity index (χ1v) is 10.5. The number of amides is 4. The van der Waals surface area contributed by atoms with Gasteiger partial charge in [-0.2, -0.15) is 0 Å². The molecule has 0 bridgehead atoms. The number of hydrogen-bond acceptors (Lipinski definition) is 5. The van der Waals surface area contributed by atoms with Crippen molar-refractivity contribution in [2.24, 2.45) is 0 Å². The summed E-state index contributed by atoms with van der Waals surface area (Å²) < 4.78 is 7.02. The monoisotopic (exact) mass is 447 g/mol. The van der Waals surface area contributed by atoms with E-state index >= 15 is 0 Å². The Morgan fingerprint density at radius 1 is 1.15 bits per heavy atom. The van der Waals surface area contributed by atoms with E-state index in [0.29, 0.717) is 11.3 Å². The summed E-state index contributed by atoms with van der Waals surface area (Å²) in [7, 11) is 1.55. The van der Waals surface area contributed by atoms with E-state index in [2.05, 4.69) is 15.6 Å². The number of benzene rings is 2. The van der Waals surface area contributed by atoms with Gasteiger partial charge in [-0.1, -0.05) is 24.3 Å². The number of carbonyl (C=O) groups is 3. The van der Waals surface area contributed by atoms with Crippen molar-refractivity contribution in [3.63, 3.8) is 0 Å². The zero-order valence-electron chi connectivity index (χ0n) is 18.6. The van der Waals surface area contributed by atoms with Gasteiger partial charge in [0.1, 0.15) is 17.8 Å². The molecule has 9 nitrogen and oxygen atoms in total. The summed E-state index contributed by atoms with van der Waals surface area (Å²) in [6, 6.07) is 13.6. The molecule has 0 aliphatic carbocycles. The summed E-state index contributed by atoms with van der Waals surface area (Å²) in [6.07, 6.45) is 5.25. The molecule has 9 heteroatoms. The second-order valence-corrected chi connectivity index (χ2v) is 8.03. The van der Waals surface area contributed by atoms with Crippen LogP contribution in [0.15, 0.2) is 67.3 Å². The third-order valence-corrected chi connectivity index (χ3v) is 5.82. The summed E-state index contributed by atoms with van der Waals surface area (Å²) >= 11 is 0. The number of hydrogen-bond donors (Lipinski definition) is 2. The number of rotatable bonds is 7. The number of urea groups is 1. The molecule has 1 aliphatic rings. The smallest absolute Gasteiger partial charge is 0.325 e. The largest absolute Gasteiger partial charge is 0.497 e. The molecule has 2 atom stereocenters. The summed E-state index contributed by atoms with van der Waals surface area (Å²) in [5.41, 5.74) is 1.20. The summed E-state index contributed by atoms with van der Waals surface area (Å²) in [4.78, 5) is 43.2. The van der Waals surface area contributed by atoms with Crippen molar-refractivity contribution in [2.75, 3.05) is 13.7 Å². The standard InChI is InChI=1S/C24H25N5O4/c1-16(17-4-8-19(9-5-17)28-13-12-25-15-28)26-21(30)14-29-22(31)24(2,27-23(29)32)18-6-10-20(33-3)11-7-18/h4-13,15-16H,14H2,1-3H3,(H,26,30)(H,27,32)/t16-,24-/m0/s1. The van der Waals surface area contributed by atoms with E-state index in [0.717, 1.165) is 16.2 Å². The first-order chi connectivity index (χ1) is 15.8. The van der Waals surface area contributed by atoms with Crippen LogP contribution in [-0.2, 0) is 15.1 Å². The van der Waals surface area contributed by atoms with Gasteiger partial charge in [0.25, 0.3) is 5.91 Å². The molecule has 0 radical (unpaired) electrons. The van der Waals surface area contributed by atoms with Crippen molar-refractivity contribution >= 4 is 17.8 Å². The number of aromatic nitrogens is 2. The number of imide groups is 1. The van der Waals surface area contributed by atoms with Gasteiger partial charge in [-0.3, -0.25) is 14.5 Å². The minimum absolute atomic E-state index is 0.303. The summed E-state index contributed by atoms with van der Waals surface area (Å²) in [5, 5.41) is 5.56. The number of methoxy groups -OCH3 is 1. The third kappa shape index (κ3) is 4.30. The van der Waals surface area contributed by atoms with Gasteiger partial charge >= 0.3 is 6.03 Å². The molecule has 2 aromatic carbocycles. The Morgan fingerprint density at radius 3 is 2.45 bits per heavy atom. The quantitative estimate of drug-likeness (QED) is 0.542. The normalized spacial score (nSPS) is 18.7. The zero-order valence-corrected chi connectivity index (χ0v) is 18.6. The second-order valence-electron chi connectivity index (χ2n) is 8.03. The van der Waals surface area contributed by atoms with Crippen molar-refractivity contribution in [1.82, 2.24) is 25.1 Å². The Morgan fingerprint density at radius 2 is 1.85 bits per heavy atom. The molecular formula is C24H25N5O4. The lowest BCUT2D eigenvalue weighted by atomic mass is 9.92. The van der Waals surface area contributed by atoms with E-state index < -0.39 is 23.4 Å². The highest BCUT2D eigenvalue weighted by Crippen LogP contribution is 2.30. The third-order valence-electron chi connectivity index (χ3n) is 5.82. The van der Waals surface area contributed by atoms with E-state index in [1.807, 2.05) is 42.0 Å². The summed E-state index contributed by atoms with van der Waals surface area (Å²) in [5.74, 6) is -0.267. The lowest BCUT2D eigenvalue weighted by Gasteiger charge is -2.22. The van der Waals surface area contributed by atoms with Gasteiger partial charge in [0.2, 0.25) is 5.91 Å². The average molecular weight is 447 g/mol. The fourth-order valence-electron chi connectivity index (χ4n) is 3.82. The second kappa shape index (κ2) is 8.78. The van der Waals surface area contributed by atoms with Crippen LogP contribution in [0.25, 0.3) is 5.69 Å². The van der Waals surface area contributed by atoms with Crippen LogP contribution >= 0.6 is 0 Å². The molecule has 1 aliphatic heterocycles. The lowest BCUT2D eigenvalue weighted by molar-refractivity contribution is -0.135. The molecule has 170 valence electrons. The molecule has 0 saturated carbocycles. The van der Waals surface area contributed by atoms with Gasteiger partial charge in [-0.25, -0.2) is 9.78 Å². The van der Waals surface area contributed by atoms with E-state index in [-0.39, 0.29) is 12.6 Å². The topological polar surface area (TPSA) is 106 Å². The molecular weight excluding hydrogens is 422 g/mol. The molecule has 0 spiro atoms. The Balaban J connectivity index is 1.40. The lowest BCUT2D eigenvalue weighted by Crippen LogP contribution is -2.43. The van der Waals surface area contributed by atoms with Crippen molar-refractivity contribution in [2.45, 2.75) is 25.4 Å². The molecule has 4 rings (SSSR count). The zero-order chi connectivity index (χ0) is 23.6. The molecule has 0 unspecified atom stereocenters. The number of nitrogens with zero attached hydrogens (tertiary/aromatic N) is 3. The van der Waals surface area contributed by atoms with Crippen LogP contribution in [0.3, 0.4) is 0 Å². The number of imidazole rings is 1. The Hall–Kier alpha value is -4.14. The van der Waals surface area contributed by atoms with Crippen molar-refractivity contribution < 1.29 is 19.1 Å². The van der Waals surface area contributed by atoms with Gasteiger partial charge in [0, 0.05) is 18.1 Å². The van der Waals surface area contributed by atoms with Gasteiger partial charge in [0.05, 0.1) is 19.5 Å². The molecule has 33 heavy (non-hydrogen) atoms. The maximum Gasteiger partial charge on any atom is 0.325 e. The molecule has 1 aromatic heterocycles. The SMILES string of the molecule is COc1ccc([C@]2(C)NC(=O)N(CC(=O)N[C@@H](C)c3ccc(-n4ccnc4)cc3)C2=O)cc1. The molecule has 4 amide bonds. The predicted molar refractivity (Wildman–Crippen MR) is 121 cm³/mol. The minimum atomic E-state index is -1.25. The Bertz CT molecular complexity index is 1160. The number of ether oxygens (including phenoxy) is 1. The van der Waals surface area contributed by atoms with E-state index in [1.165, 1.54) is 0 Å².